The van der Waals surface area contributed by atoms with Crippen LogP contribution in [0.5, 0.6) is 0 Å². The SMILES string of the molecule is C=CCN1CNc2cc(S(=O)(=O)c3cc(C(=N)N)sc3SC)cc(Br)c21.O=C(O)C(F)(F)F. The Labute approximate surface area is 204 Å². The van der Waals surface area contributed by atoms with E-state index < -0.39 is 22.0 Å². The number of carbonyl (C=O) groups is 1. The summed E-state index contributed by atoms with van der Waals surface area (Å²) < 4.78 is 59.5. The summed E-state index contributed by atoms with van der Waals surface area (Å²) in [5.74, 6) is -2.89. The Kier molecular flexibility index (Phi) is 8.48. The van der Waals surface area contributed by atoms with Gasteiger partial charge in [0.2, 0.25) is 9.84 Å². The Morgan fingerprint density at radius 3 is 2.55 bits per heavy atom. The number of anilines is 2. The molecule has 0 atom stereocenters. The van der Waals surface area contributed by atoms with E-state index in [9.17, 15) is 21.6 Å². The van der Waals surface area contributed by atoms with Crippen molar-refractivity contribution in [2.24, 2.45) is 5.73 Å². The lowest BCUT2D eigenvalue weighted by Gasteiger charge is -2.17. The van der Waals surface area contributed by atoms with Crippen LogP contribution in [0, 0.1) is 5.41 Å². The maximum Gasteiger partial charge on any atom is 0.490 e. The summed E-state index contributed by atoms with van der Waals surface area (Å²) in [6.45, 7) is 5.00. The predicted molar refractivity (Wildman–Crippen MR) is 126 cm³/mol. The highest BCUT2D eigenvalue weighted by Gasteiger charge is 2.38. The van der Waals surface area contributed by atoms with Crippen LogP contribution < -0.4 is 16.0 Å². The van der Waals surface area contributed by atoms with Crippen molar-refractivity contribution in [3.63, 3.8) is 0 Å². The Morgan fingerprint density at radius 1 is 1.45 bits per heavy atom. The molecule has 0 fully saturated rings. The zero-order valence-corrected chi connectivity index (χ0v) is 20.9. The molecule has 180 valence electrons. The van der Waals surface area contributed by atoms with Crippen molar-refractivity contribution in [1.29, 1.82) is 5.41 Å². The third-order valence-electron chi connectivity index (χ3n) is 4.12. The number of alkyl halides is 3. The van der Waals surface area contributed by atoms with E-state index in [1.54, 1.807) is 18.2 Å². The van der Waals surface area contributed by atoms with Crippen LogP contribution in [0.4, 0.5) is 24.5 Å². The molecule has 0 unspecified atom stereocenters. The van der Waals surface area contributed by atoms with Crippen molar-refractivity contribution in [2.75, 3.05) is 29.7 Å². The van der Waals surface area contributed by atoms with Crippen molar-refractivity contribution in [3.05, 3.63) is 40.2 Å². The Balaban J connectivity index is 0.000000479. The summed E-state index contributed by atoms with van der Waals surface area (Å²) >= 11 is 6.05. The molecule has 33 heavy (non-hydrogen) atoms. The quantitative estimate of drug-likeness (QED) is 0.170. The van der Waals surface area contributed by atoms with Gasteiger partial charge in [0, 0.05) is 11.0 Å². The molecule has 0 spiro atoms. The average Bonchev–Trinajstić information content (AvgIpc) is 3.33. The molecule has 0 saturated heterocycles. The summed E-state index contributed by atoms with van der Waals surface area (Å²) in [7, 11) is -3.74. The first-order valence-corrected chi connectivity index (χ1v) is 13.1. The van der Waals surface area contributed by atoms with Crippen LogP contribution in [0.3, 0.4) is 0 Å². The largest absolute Gasteiger partial charge is 0.490 e. The molecule has 8 nitrogen and oxygen atoms in total. The molecule has 0 amide bonds. The number of amidine groups is 1. The maximum absolute atomic E-state index is 13.2. The monoisotopic (exact) mass is 586 g/mol. The van der Waals surface area contributed by atoms with E-state index in [4.69, 9.17) is 21.0 Å². The number of carboxylic acid groups (broad SMARTS) is 1. The van der Waals surface area contributed by atoms with Gasteiger partial charge in [-0.2, -0.15) is 13.2 Å². The summed E-state index contributed by atoms with van der Waals surface area (Å²) in [5, 5.41) is 17.9. The number of aliphatic carboxylic acids is 1. The van der Waals surface area contributed by atoms with Gasteiger partial charge in [0.25, 0.3) is 0 Å². The number of nitrogens with two attached hydrogens (primary N) is 1. The highest BCUT2D eigenvalue weighted by Crippen LogP contribution is 2.43. The molecule has 0 radical (unpaired) electrons. The fourth-order valence-electron chi connectivity index (χ4n) is 2.70. The molecule has 15 heteroatoms. The molecule has 1 aliphatic heterocycles. The first-order chi connectivity index (χ1) is 15.2. The van der Waals surface area contributed by atoms with Gasteiger partial charge in [0.1, 0.15) is 5.84 Å². The summed E-state index contributed by atoms with van der Waals surface area (Å²) in [4.78, 5) is 11.8. The zero-order chi connectivity index (χ0) is 25.1. The molecular weight excluding hydrogens is 569 g/mol. The van der Waals surface area contributed by atoms with Gasteiger partial charge in [0.05, 0.1) is 36.9 Å². The minimum absolute atomic E-state index is 0.136. The zero-order valence-electron chi connectivity index (χ0n) is 16.9. The van der Waals surface area contributed by atoms with E-state index in [0.29, 0.717) is 26.8 Å². The molecule has 0 saturated carbocycles. The van der Waals surface area contributed by atoms with Gasteiger partial charge < -0.3 is 21.1 Å². The number of thioether (sulfide) groups is 1. The smallest absolute Gasteiger partial charge is 0.475 e. The van der Waals surface area contributed by atoms with E-state index in [0.717, 1.165) is 11.4 Å². The summed E-state index contributed by atoms with van der Waals surface area (Å²) in [6.07, 6.45) is -1.48. The number of fused-ring (bicyclic) bond motifs is 1. The third-order valence-corrected chi connectivity index (χ3v) is 9.05. The van der Waals surface area contributed by atoms with Crippen LogP contribution in [0.25, 0.3) is 0 Å². The van der Waals surface area contributed by atoms with Gasteiger partial charge in [0.15, 0.2) is 0 Å². The number of hydrogen-bond acceptors (Lipinski definition) is 8. The lowest BCUT2D eigenvalue weighted by molar-refractivity contribution is -0.192. The number of hydrogen-bond donors (Lipinski definition) is 4. The minimum Gasteiger partial charge on any atom is -0.475 e. The number of nitrogen functional groups attached to an aromatic ring is 1. The van der Waals surface area contributed by atoms with Crippen LogP contribution in [-0.4, -0.2) is 51.0 Å². The van der Waals surface area contributed by atoms with Gasteiger partial charge in [-0.1, -0.05) is 6.08 Å². The molecule has 5 N–H and O–H groups in total. The first-order valence-electron chi connectivity index (χ1n) is 8.74. The molecule has 0 aliphatic carbocycles. The number of sulfone groups is 1. The number of nitrogens with zero attached hydrogens (tertiary/aromatic N) is 1. The van der Waals surface area contributed by atoms with Crippen LogP contribution in [-0.2, 0) is 14.6 Å². The molecule has 2 heterocycles. The Hall–Kier alpha value is -2.23. The highest BCUT2D eigenvalue weighted by atomic mass is 79.9. The highest BCUT2D eigenvalue weighted by molar-refractivity contribution is 9.10. The standard InChI is InChI=1S/C16H17BrN4O2S3.C2HF3O2/c1-3-4-21-8-20-11-6-9(5-10(17)14(11)21)26(22,23)13-7-12(15(18)19)25-16(13)24-2;3-2(4,5)1(6)7/h3,5-7,20H,1,4,8H2,2H3,(H3,18,19);(H,6,7). The fraction of sp³-hybridized carbons (Fsp3) is 0.222. The third kappa shape index (κ3) is 6.02. The molecule has 2 aromatic rings. The topological polar surface area (TPSA) is 137 Å². The van der Waals surface area contributed by atoms with Crippen LogP contribution in [0.2, 0.25) is 0 Å². The molecular formula is C18H18BrF3N4O4S3. The second-order valence-corrected chi connectivity index (χ2v) is 11.2. The molecule has 1 aliphatic rings. The van der Waals surface area contributed by atoms with E-state index >= 15 is 0 Å². The number of nitrogens with one attached hydrogen (secondary N) is 2. The number of rotatable bonds is 6. The van der Waals surface area contributed by atoms with Crippen molar-refractivity contribution in [3.8, 4) is 0 Å². The van der Waals surface area contributed by atoms with Gasteiger partial charge in [-0.3, -0.25) is 5.41 Å². The van der Waals surface area contributed by atoms with Gasteiger partial charge in [-0.25, -0.2) is 13.2 Å². The molecule has 0 bridgehead atoms. The molecule has 1 aromatic heterocycles. The normalized spacial score (nSPS) is 12.9. The van der Waals surface area contributed by atoms with Crippen molar-refractivity contribution >= 4 is 72.0 Å². The van der Waals surface area contributed by atoms with Crippen LogP contribution in [0.15, 0.2) is 49.3 Å². The number of benzene rings is 1. The Bertz CT molecular complexity index is 1200. The van der Waals surface area contributed by atoms with E-state index in [2.05, 4.69) is 32.7 Å². The van der Waals surface area contributed by atoms with E-state index in [1.807, 2.05) is 6.26 Å². The number of halogens is 4. The van der Waals surface area contributed by atoms with Crippen molar-refractivity contribution in [2.45, 2.75) is 20.2 Å². The fourth-order valence-corrected chi connectivity index (χ4v) is 7.48. The first kappa shape index (κ1) is 27.0. The second kappa shape index (κ2) is 10.4. The van der Waals surface area contributed by atoms with Crippen LogP contribution in [0.1, 0.15) is 4.88 Å². The maximum atomic E-state index is 13.2. The predicted octanol–water partition coefficient (Wildman–Crippen LogP) is 4.36. The van der Waals surface area contributed by atoms with Gasteiger partial charge in [-0.05, 0) is 40.4 Å². The Morgan fingerprint density at radius 2 is 2.06 bits per heavy atom. The average molecular weight is 587 g/mol. The van der Waals surface area contributed by atoms with E-state index in [-0.39, 0.29) is 15.6 Å². The van der Waals surface area contributed by atoms with Gasteiger partial charge in [-0.15, -0.1) is 29.7 Å². The number of carboxylic acids is 1. The van der Waals surface area contributed by atoms with Crippen molar-refractivity contribution in [1.82, 2.24) is 0 Å². The second-order valence-electron chi connectivity index (χ2n) is 6.33. The minimum atomic E-state index is -5.08. The van der Waals surface area contributed by atoms with E-state index in [1.165, 1.54) is 29.2 Å². The summed E-state index contributed by atoms with van der Waals surface area (Å²) in [5.41, 5.74) is 7.21. The van der Waals surface area contributed by atoms with Crippen LogP contribution >= 0.6 is 39.0 Å². The van der Waals surface area contributed by atoms with Crippen molar-refractivity contribution < 1.29 is 31.5 Å². The molecule has 3 rings (SSSR count). The van der Waals surface area contributed by atoms with Gasteiger partial charge >= 0.3 is 12.1 Å². The number of thiophene rings is 1. The molecule has 1 aromatic carbocycles. The lowest BCUT2D eigenvalue weighted by atomic mass is 10.2. The lowest BCUT2D eigenvalue weighted by Crippen LogP contribution is -2.22. The summed E-state index contributed by atoms with van der Waals surface area (Å²) in [6, 6.07) is 4.74.